The van der Waals surface area contributed by atoms with Crippen molar-refractivity contribution in [1.29, 1.82) is 0 Å². The molecule has 0 aliphatic heterocycles. The fourth-order valence-corrected chi connectivity index (χ4v) is 3.52. The van der Waals surface area contributed by atoms with Gasteiger partial charge in [0.05, 0.1) is 0 Å². The second-order valence-corrected chi connectivity index (χ2v) is 6.87. The van der Waals surface area contributed by atoms with Gasteiger partial charge in [-0.15, -0.1) is 10.2 Å². The second-order valence-electron chi connectivity index (χ2n) is 2.38. The topological polar surface area (TPSA) is 25.8 Å². The lowest BCUT2D eigenvalue weighted by atomic mass is 10.4. The predicted octanol–water partition coefficient (Wildman–Crippen LogP) is 4.21. The number of halogens is 2. The second kappa shape index (κ2) is 4.74. The van der Waals surface area contributed by atoms with Gasteiger partial charge >= 0.3 is 0 Å². The Hall–Kier alpha value is 0.0900. The molecule has 0 bridgehead atoms. The van der Waals surface area contributed by atoms with Crippen molar-refractivity contribution in [2.45, 2.75) is 9.24 Å². The van der Waals surface area contributed by atoms with E-state index in [-0.39, 0.29) is 0 Å². The Kier molecular flexibility index (Phi) is 3.59. The third-order valence-corrected chi connectivity index (χ3v) is 4.34. The van der Waals surface area contributed by atoms with Gasteiger partial charge in [0, 0.05) is 9.37 Å². The number of benzene rings is 1. The largest absolute Gasteiger partial charge is 0.184 e. The zero-order valence-corrected chi connectivity index (χ0v) is 11.6. The van der Waals surface area contributed by atoms with Crippen LogP contribution in [0, 0.1) is 0 Å². The highest BCUT2D eigenvalue weighted by Gasteiger charge is 2.03. The SMILES string of the molecule is Brc1ccc(Sc2nnc(Br)s2)cc1. The van der Waals surface area contributed by atoms with Crippen molar-refractivity contribution in [3.63, 3.8) is 0 Å². The van der Waals surface area contributed by atoms with Crippen molar-refractivity contribution in [3.05, 3.63) is 32.7 Å². The summed E-state index contributed by atoms with van der Waals surface area (Å²) >= 11 is 9.82. The van der Waals surface area contributed by atoms with Crippen LogP contribution in [0.5, 0.6) is 0 Å². The van der Waals surface area contributed by atoms with E-state index in [1.165, 1.54) is 11.3 Å². The molecule has 0 saturated carbocycles. The average Bonchev–Trinajstić information content (AvgIpc) is 2.56. The molecular formula is C8H4Br2N2S2. The Bertz CT molecular complexity index is 427. The summed E-state index contributed by atoms with van der Waals surface area (Å²) in [6.07, 6.45) is 0. The van der Waals surface area contributed by atoms with Crippen molar-refractivity contribution >= 4 is 55.0 Å². The normalized spacial score (nSPS) is 10.4. The highest BCUT2D eigenvalue weighted by atomic mass is 79.9. The van der Waals surface area contributed by atoms with E-state index in [9.17, 15) is 0 Å². The maximum atomic E-state index is 4.01. The standard InChI is InChI=1S/C8H4Br2N2S2/c9-5-1-3-6(4-2-5)13-8-12-11-7(10)14-8/h1-4H. The van der Waals surface area contributed by atoms with Crippen molar-refractivity contribution in [3.8, 4) is 0 Å². The fourth-order valence-electron chi connectivity index (χ4n) is 0.838. The van der Waals surface area contributed by atoms with Crippen LogP contribution >= 0.6 is 55.0 Å². The summed E-state index contributed by atoms with van der Waals surface area (Å²) in [5, 5.41) is 7.89. The smallest absolute Gasteiger partial charge is 0.130 e. The third kappa shape index (κ3) is 2.79. The molecule has 2 nitrogen and oxygen atoms in total. The lowest BCUT2D eigenvalue weighted by Gasteiger charge is -1.95. The zero-order chi connectivity index (χ0) is 9.97. The van der Waals surface area contributed by atoms with Crippen LogP contribution in [0.3, 0.4) is 0 Å². The van der Waals surface area contributed by atoms with Gasteiger partial charge in [0.2, 0.25) is 0 Å². The monoisotopic (exact) mass is 350 g/mol. The molecule has 0 saturated heterocycles. The molecule has 0 amide bonds. The van der Waals surface area contributed by atoms with E-state index in [4.69, 9.17) is 0 Å². The molecule has 2 aromatic rings. The molecule has 0 fully saturated rings. The summed E-state index contributed by atoms with van der Waals surface area (Å²) in [6, 6.07) is 8.12. The minimum atomic E-state index is 0.817. The molecule has 0 atom stereocenters. The van der Waals surface area contributed by atoms with Crippen LogP contribution in [-0.4, -0.2) is 10.2 Å². The first-order chi connectivity index (χ1) is 6.74. The highest BCUT2D eigenvalue weighted by Crippen LogP contribution is 2.32. The summed E-state index contributed by atoms with van der Waals surface area (Å²) < 4.78 is 2.84. The molecule has 0 N–H and O–H groups in total. The molecule has 1 aromatic carbocycles. The first kappa shape index (κ1) is 10.6. The first-order valence-electron chi connectivity index (χ1n) is 3.66. The minimum absolute atomic E-state index is 0.817. The lowest BCUT2D eigenvalue weighted by molar-refractivity contribution is 0.997. The molecule has 2 rings (SSSR count). The molecule has 72 valence electrons. The van der Waals surface area contributed by atoms with Crippen molar-refractivity contribution in [2.24, 2.45) is 0 Å². The lowest BCUT2D eigenvalue weighted by Crippen LogP contribution is -1.72. The van der Waals surface area contributed by atoms with Gasteiger partial charge < -0.3 is 0 Å². The van der Waals surface area contributed by atoms with Gasteiger partial charge in [-0.2, -0.15) is 0 Å². The fraction of sp³-hybridized carbons (Fsp3) is 0. The molecular weight excluding hydrogens is 348 g/mol. The van der Waals surface area contributed by atoms with Gasteiger partial charge in [0.1, 0.15) is 0 Å². The molecule has 0 aliphatic rings. The Morgan fingerprint density at radius 3 is 2.36 bits per heavy atom. The van der Waals surface area contributed by atoms with Gasteiger partial charge in [-0.3, -0.25) is 0 Å². The molecule has 1 heterocycles. The number of nitrogens with zero attached hydrogens (tertiary/aromatic N) is 2. The van der Waals surface area contributed by atoms with Gasteiger partial charge in [0.25, 0.3) is 0 Å². The predicted molar refractivity (Wildman–Crippen MR) is 65.9 cm³/mol. The van der Waals surface area contributed by atoms with E-state index in [2.05, 4.69) is 42.1 Å². The number of hydrogen-bond donors (Lipinski definition) is 0. The molecule has 6 heteroatoms. The minimum Gasteiger partial charge on any atom is -0.130 e. The Labute approximate surface area is 106 Å². The molecule has 0 spiro atoms. The van der Waals surface area contributed by atoms with Gasteiger partial charge in [-0.25, -0.2) is 0 Å². The van der Waals surface area contributed by atoms with Gasteiger partial charge in [-0.05, 0) is 40.2 Å². The van der Waals surface area contributed by atoms with E-state index >= 15 is 0 Å². The van der Waals surface area contributed by atoms with E-state index < -0.39 is 0 Å². The Morgan fingerprint density at radius 1 is 1.07 bits per heavy atom. The van der Waals surface area contributed by atoms with Gasteiger partial charge in [-0.1, -0.05) is 39.0 Å². The van der Waals surface area contributed by atoms with Crippen LogP contribution in [0.4, 0.5) is 0 Å². The van der Waals surface area contributed by atoms with Crippen LogP contribution in [0.15, 0.2) is 41.9 Å². The van der Waals surface area contributed by atoms with Crippen LogP contribution in [0.1, 0.15) is 0 Å². The van der Waals surface area contributed by atoms with E-state index in [0.717, 1.165) is 17.6 Å². The summed E-state index contributed by atoms with van der Waals surface area (Å²) in [4.78, 5) is 1.16. The highest BCUT2D eigenvalue weighted by molar-refractivity contribution is 9.11. The first-order valence-corrected chi connectivity index (χ1v) is 6.88. The number of hydrogen-bond acceptors (Lipinski definition) is 4. The molecule has 0 aliphatic carbocycles. The summed E-state index contributed by atoms with van der Waals surface area (Å²) in [5.41, 5.74) is 0. The molecule has 0 unspecified atom stereocenters. The summed E-state index contributed by atoms with van der Waals surface area (Å²) in [6.45, 7) is 0. The summed E-state index contributed by atoms with van der Waals surface area (Å²) in [7, 11) is 0. The zero-order valence-electron chi connectivity index (χ0n) is 6.78. The van der Waals surface area contributed by atoms with Crippen LogP contribution < -0.4 is 0 Å². The maximum Gasteiger partial charge on any atom is 0.184 e. The van der Waals surface area contributed by atoms with Crippen LogP contribution in [-0.2, 0) is 0 Å². The van der Waals surface area contributed by atoms with Crippen molar-refractivity contribution < 1.29 is 0 Å². The molecule has 14 heavy (non-hydrogen) atoms. The maximum absolute atomic E-state index is 4.01. The Balaban J connectivity index is 2.15. The van der Waals surface area contributed by atoms with Gasteiger partial charge in [0.15, 0.2) is 8.26 Å². The number of rotatable bonds is 2. The molecule has 1 aromatic heterocycles. The average molecular weight is 352 g/mol. The third-order valence-electron chi connectivity index (χ3n) is 1.40. The van der Waals surface area contributed by atoms with Crippen LogP contribution in [0.2, 0.25) is 0 Å². The molecule has 0 radical (unpaired) electrons. The van der Waals surface area contributed by atoms with E-state index in [0.29, 0.717) is 0 Å². The van der Waals surface area contributed by atoms with E-state index in [1.807, 2.05) is 24.3 Å². The van der Waals surface area contributed by atoms with Crippen LogP contribution in [0.25, 0.3) is 0 Å². The van der Waals surface area contributed by atoms with E-state index in [1.54, 1.807) is 11.8 Å². The van der Waals surface area contributed by atoms with Crippen molar-refractivity contribution in [1.82, 2.24) is 10.2 Å². The Morgan fingerprint density at radius 2 is 1.79 bits per heavy atom. The summed E-state index contributed by atoms with van der Waals surface area (Å²) in [5.74, 6) is 0. The number of aromatic nitrogens is 2. The quantitative estimate of drug-likeness (QED) is 0.810. The van der Waals surface area contributed by atoms with Crippen molar-refractivity contribution in [2.75, 3.05) is 0 Å².